The molecule has 0 aromatic rings. The van der Waals surface area contributed by atoms with Gasteiger partial charge in [-0.1, -0.05) is 19.8 Å². The molecule has 0 radical (unpaired) electrons. The molecule has 100 valence electrons. The Labute approximate surface area is 99.0 Å². The number of aliphatic hydroxyl groups is 1. The van der Waals surface area contributed by atoms with Crippen molar-refractivity contribution >= 4 is 19.4 Å². The van der Waals surface area contributed by atoms with Gasteiger partial charge in [-0.2, -0.15) is 0 Å². The average Bonchev–Trinajstić information content (AvgIpc) is 2.24. The third-order valence-corrected chi connectivity index (χ3v) is 2.44. The van der Waals surface area contributed by atoms with Crippen molar-refractivity contribution in [1.82, 2.24) is 0 Å². The van der Waals surface area contributed by atoms with Gasteiger partial charge in [0, 0.05) is 6.42 Å². The monoisotopic (exact) mass is 266 g/mol. The topological polar surface area (TPSA) is 127 Å². The predicted octanol–water partition coefficient (Wildman–Crippen LogP) is -1.09. The number of carbonyl (C=O) groups is 2. The maximum atomic E-state index is 11.2. The summed E-state index contributed by atoms with van der Waals surface area (Å²) in [5.41, 5.74) is 0. The van der Waals surface area contributed by atoms with Crippen LogP contribution in [0.1, 0.15) is 32.6 Å². The Morgan fingerprint density at radius 1 is 1.35 bits per heavy atom. The molecule has 0 aliphatic heterocycles. The molecule has 0 saturated heterocycles. The van der Waals surface area contributed by atoms with Gasteiger partial charge < -0.3 is 24.0 Å². The Morgan fingerprint density at radius 2 is 1.94 bits per heavy atom. The van der Waals surface area contributed by atoms with Gasteiger partial charge >= 0.3 is 0 Å². The van der Waals surface area contributed by atoms with Crippen molar-refractivity contribution in [2.75, 3.05) is 6.61 Å². The van der Waals surface area contributed by atoms with Gasteiger partial charge in [0.15, 0.2) is 0 Å². The van der Waals surface area contributed by atoms with E-state index in [-0.39, 0.29) is 6.42 Å². The zero-order chi connectivity index (χ0) is 13.5. The van der Waals surface area contributed by atoms with Crippen LogP contribution in [0.5, 0.6) is 0 Å². The molecule has 0 amide bonds. The largest absolute Gasteiger partial charge is 0.790 e. The summed E-state index contributed by atoms with van der Waals surface area (Å²) >= 11 is 0. The summed E-state index contributed by atoms with van der Waals surface area (Å²) < 4.78 is 13.8. The summed E-state index contributed by atoms with van der Waals surface area (Å²) in [4.78, 5) is 42.5. The van der Waals surface area contributed by atoms with E-state index < -0.39 is 32.1 Å². The number of phosphoric ester groups is 1. The molecule has 17 heavy (non-hydrogen) atoms. The first kappa shape index (κ1) is 16.4. The predicted molar refractivity (Wildman–Crippen MR) is 53.7 cm³/mol. The maximum Gasteiger partial charge on any atom is 0.229 e. The Hall–Kier alpha value is -0.590. The van der Waals surface area contributed by atoms with Gasteiger partial charge in [0.05, 0.1) is 14.4 Å². The highest BCUT2D eigenvalue weighted by molar-refractivity contribution is 7.43. The molecule has 0 fully saturated rings. The Bertz CT molecular complexity index is 308. The molecular weight excluding hydrogens is 251 g/mol. The molecule has 1 unspecified atom stereocenters. The summed E-state index contributed by atoms with van der Waals surface area (Å²) in [6.45, 7) is 0.914. The molecule has 0 aliphatic carbocycles. The van der Waals surface area contributed by atoms with E-state index in [2.05, 4.69) is 4.52 Å². The second-order valence-corrected chi connectivity index (χ2v) is 4.66. The van der Waals surface area contributed by atoms with Crippen LogP contribution in [-0.4, -0.2) is 29.4 Å². The second kappa shape index (κ2) is 7.68. The van der Waals surface area contributed by atoms with Crippen molar-refractivity contribution in [3.05, 3.63) is 0 Å². The first-order chi connectivity index (χ1) is 7.78. The van der Waals surface area contributed by atoms with Crippen LogP contribution in [0.3, 0.4) is 0 Å². The highest BCUT2D eigenvalue weighted by Gasteiger charge is 2.22. The number of aliphatic hydroxyl groups excluding tert-OH is 1. The zero-order valence-corrected chi connectivity index (χ0v) is 10.4. The van der Waals surface area contributed by atoms with Crippen LogP contribution in [0.4, 0.5) is 0 Å². The molecule has 0 rings (SSSR count). The summed E-state index contributed by atoms with van der Waals surface area (Å²) in [5, 5.41) is 9.11. The van der Waals surface area contributed by atoms with Gasteiger partial charge in [0.1, 0.15) is 6.10 Å². The number of hydrogen-bond acceptors (Lipinski definition) is 7. The Kier molecular flexibility index (Phi) is 7.41. The number of unbranched alkanes of at least 4 members (excludes halogenated alkanes) is 2. The van der Waals surface area contributed by atoms with Crippen LogP contribution < -0.4 is 9.79 Å². The number of hydrogen-bond donors (Lipinski definition) is 1. The SMILES string of the molecule is CCCCCC(=O)C(=O)C(O)COP(=O)([O-])[O-]. The van der Waals surface area contributed by atoms with Crippen LogP contribution in [0.2, 0.25) is 0 Å². The lowest BCUT2D eigenvalue weighted by atomic mass is 10.1. The van der Waals surface area contributed by atoms with E-state index in [9.17, 15) is 23.9 Å². The lowest BCUT2D eigenvalue weighted by molar-refractivity contribution is -0.342. The van der Waals surface area contributed by atoms with Crippen LogP contribution >= 0.6 is 7.82 Å². The van der Waals surface area contributed by atoms with Gasteiger partial charge in [0.2, 0.25) is 11.6 Å². The lowest BCUT2D eigenvalue weighted by Crippen LogP contribution is -2.33. The molecule has 0 heterocycles. The Morgan fingerprint density at radius 3 is 2.41 bits per heavy atom. The fourth-order valence-corrected chi connectivity index (χ4v) is 1.41. The second-order valence-electron chi connectivity index (χ2n) is 3.50. The van der Waals surface area contributed by atoms with Crippen molar-refractivity contribution in [1.29, 1.82) is 0 Å². The van der Waals surface area contributed by atoms with Gasteiger partial charge in [-0.25, -0.2) is 0 Å². The molecule has 0 aromatic carbocycles. The van der Waals surface area contributed by atoms with E-state index in [1.165, 1.54) is 0 Å². The van der Waals surface area contributed by atoms with Crippen molar-refractivity contribution in [2.45, 2.75) is 38.7 Å². The molecule has 0 bridgehead atoms. The van der Waals surface area contributed by atoms with E-state index >= 15 is 0 Å². The Balaban J connectivity index is 4.03. The van der Waals surface area contributed by atoms with E-state index in [1.54, 1.807) is 0 Å². The highest BCUT2D eigenvalue weighted by atomic mass is 31.2. The number of Topliss-reactive ketones (excluding diaryl/α,β-unsaturated/α-hetero) is 2. The molecule has 0 spiro atoms. The van der Waals surface area contributed by atoms with Gasteiger partial charge in [-0.15, -0.1) is 0 Å². The fourth-order valence-electron chi connectivity index (χ4n) is 1.08. The number of rotatable bonds is 9. The molecule has 0 saturated carbocycles. The fraction of sp³-hybridized carbons (Fsp3) is 0.778. The number of carbonyl (C=O) groups excluding carboxylic acids is 2. The van der Waals surface area contributed by atoms with E-state index in [1.807, 2.05) is 6.92 Å². The van der Waals surface area contributed by atoms with Crippen molar-refractivity contribution in [3.8, 4) is 0 Å². The molecule has 1 N–H and O–H groups in total. The van der Waals surface area contributed by atoms with Crippen molar-refractivity contribution in [3.63, 3.8) is 0 Å². The standard InChI is InChI=1S/C9H17O7P/c1-2-3-4-5-7(10)9(12)8(11)6-16-17(13,14)15/h8,11H,2-6H2,1H3,(H2,13,14,15)/p-2. The summed E-state index contributed by atoms with van der Waals surface area (Å²) in [6, 6.07) is 0. The zero-order valence-electron chi connectivity index (χ0n) is 9.46. The van der Waals surface area contributed by atoms with Crippen LogP contribution in [0.25, 0.3) is 0 Å². The molecule has 7 nitrogen and oxygen atoms in total. The van der Waals surface area contributed by atoms with Crippen molar-refractivity contribution in [2.24, 2.45) is 0 Å². The minimum absolute atomic E-state index is 0.00383. The third-order valence-electron chi connectivity index (χ3n) is 1.98. The molecule has 8 heteroatoms. The lowest BCUT2D eigenvalue weighted by Gasteiger charge is -2.29. The molecule has 1 atom stereocenters. The molecule has 0 aromatic heterocycles. The van der Waals surface area contributed by atoms with E-state index in [0.29, 0.717) is 6.42 Å². The highest BCUT2D eigenvalue weighted by Crippen LogP contribution is 2.24. The molecule has 0 aliphatic rings. The van der Waals surface area contributed by atoms with Crippen LogP contribution in [0, 0.1) is 0 Å². The van der Waals surface area contributed by atoms with Gasteiger partial charge in [-0.05, 0) is 6.42 Å². The van der Waals surface area contributed by atoms with Gasteiger partial charge in [0.25, 0.3) is 0 Å². The van der Waals surface area contributed by atoms with E-state index in [0.717, 1.165) is 12.8 Å². The first-order valence-corrected chi connectivity index (χ1v) is 6.65. The summed E-state index contributed by atoms with van der Waals surface area (Å²) in [6.07, 6.45) is 0.275. The third kappa shape index (κ3) is 8.18. The smallest absolute Gasteiger partial charge is 0.229 e. The first-order valence-electron chi connectivity index (χ1n) is 5.19. The summed E-state index contributed by atoms with van der Waals surface area (Å²) in [7, 11) is -5.24. The average molecular weight is 266 g/mol. The quantitative estimate of drug-likeness (QED) is 0.319. The van der Waals surface area contributed by atoms with E-state index in [4.69, 9.17) is 5.11 Å². The normalized spacial score (nSPS) is 13.4. The van der Waals surface area contributed by atoms with Crippen LogP contribution in [0.15, 0.2) is 0 Å². The minimum Gasteiger partial charge on any atom is -0.790 e. The molecular formula is C9H15O7P-2. The van der Waals surface area contributed by atoms with Gasteiger partial charge in [-0.3, -0.25) is 9.59 Å². The van der Waals surface area contributed by atoms with Crippen LogP contribution in [-0.2, 0) is 18.7 Å². The number of phosphoric acid groups is 1. The van der Waals surface area contributed by atoms with Crippen molar-refractivity contribution < 1.29 is 33.6 Å². The maximum absolute atomic E-state index is 11.2. The minimum atomic E-state index is -5.24. The number of ketones is 2. The summed E-state index contributed by atoms with van der Waals surface area (Å²) in [5.74, 6) is -1.92.